The number of nitrogens with zero attached hydrogens (tertiary/aromatic N) is 2. The van der Waals surface area contributed by atoms with Gasteiger partial charge in [-0.1, -0.05) is 0 Å². The third-order valence-corrected chi connectivity index (χ3v) is 5.50. The molecule has 148 valence electrons. The number of methoxy groups -OCH3 is 1. The fourth-order valence-corrected chi connectivity index (χ4v) is 3.70. The summed E-state index contributed by atoms with van der Waals surface area (Å²) in [6.45, 7) is 1.72. The summed E-state index contributed by atoms with van der Waals surface area (Å²) in [5.41, 5.74) is 2.31. The standard InChI is InChI=1S/C20H18N4O4S/c1-12(18(25)22-14-3-8-17-13(11-14)9-10-21-17)29-19-20(26)28-23-24(19)15-4-6-16(27-2)7-5-15/h3-12,23,26H,1-2H3. The number of hydrogen-bond donors (Lipinski definition) is 2. The van der Waals surface area contributed by atoms with E-state index in [9.17, 15) is 9.90 Å². The molecule has 4 rings (SSSR count). The molecule has 9 heteroatoms. The van der Waals surface area contributed by atoms with Gasteiger partial charge in [0, 0.05) is 34.9 Å². The number of ether oxygens (including phenoxy) is 1. The van der Waals surface area contributed by atoms with Crippen molar-refractivity contribution >= 4 is 34.3 Å². The molecular weight excluding hydrogens is 392 g/mol. The van der Waals surface area contributed by atoms with E-state index in [-0.39, 0.29) is 10.9 Å². The largest absolute Gasteiger partial charge is 0.538 e. The van der Waals surface area contributed by atoms with Crippen LogP contribution in [0.5, 0.6) is 11.7 Å². The second-order valence-corrected chi connectivity index (χ2v) is 7.63. The molecule has 1 atom stereocenters. The van der Waals surface area contributed by atoms with Crippen molar-refractivity contribution in [2.24, 2.45) is 0 Å². The summed E-state index contributed by atoms with van der Waals surface area (Å²) in [5.74, 6) is -0.146. The molecule has 4 aromatic rings. The van der Waals surface area contributed by atoms with Gasteiger partial charge in [0.2, 0.25) is 11.6 Å². The molecule has 0 aliphatic heterocycles. The van der Waals surface area contributed by atoms with Crippen LogP contribution in [0.15, 0.2) is 64.3 Å². The lowest BCUT2D eigenvalue weighted by molar-refractivity contribution is -0.705. The Morgan fingerprint density at radius 1 is 1.28 bits per heavy atom. The first-order valence-electron chi connectivity index (χ1n) is 8.83. The molecular formula is C20H18N4O4S. The van der Waals surface area contributed by atoms with E-state index in [2.05, 4.69) is 15.6 Å². The fourth-order valence-electron chi connectivity index (χ4n) is 2.82. The third-order valence-electron chi connectivity index (χ3n) is 4.37. The number of aromatic amines is 1. The highest BCUT2D eigenvalue weighted by Crippen LogP contribution is 2.28. The van der Waals surface area contributed by atoms with Crippen LogP contribution >= 0.6 is 11.8 Å². The molecule has 8 nitrogen and oxygen atoms in total. The van der Waals surface area contributed by atoms with Crippen LogP contribution < -0.4 is 19.8 Å². The van der Waals surface area contributed by atoms with Crippen molar-refractivity contribution in [3.63, 3.8) is 0 Å². The topological polar surface area (TPSA) is 107 Å². The average molecular weight is 410 g/mol. The zero-order valence-corrected chi connectivity index (χ0v) is 16.5. The number of carbonyl (C=O) groups excluding carboxylic acids is 1. The van der Waals surface area contributed by atoms with Crippen LogP contribution in [0, 0.1) is 0 Å². The van der Waals surface area contributed by atoms with Crippen molar-refractivity contribution < 1.29 is 23.8 Å². The molecule has 2 heterocycles. The van der Waals surface area contributed by atoms with E-state index >= 15 is 0 Å². The van der Waals surface area contributed by atoms with Gasteiger partial charge in [-0.15, -0.1) is 0 Å². The zero-order chi connectivity index (χ0) is 20.4. The SMILES string of the molecule is COc1ccc(-[n+]2noc([O-])c2SC(C)C(=O)Nc2ccc3[nH]ccc3c2)cc1. The Bertz CT molecular complexity index is 1150. The molecule has 0 bridgehead atoms. The first-order valence-corrected chi connectivity index (χ1v) is 9.71. The van der Waals surface area contributed by atoms with Crippen molar-refractivity contribution in [2.45, 2.75) is 17.2 Å². The van der Waals surface area contributed by atoms with Gasteiger partial charge in [-0.05, 0) is 59.8 Å². The minimum atomic E-state index is -0.598. The number of aromatic nitrogens is 3. The lowest BCUT2D eigenvalue weighted by Crippen LogP contribution is -2.36. The number of fused-ring (bicyclic) bond motifs is 1. The fraction of sp³-hybridized carbons (Fsp3) is 0.150. The van der Waals surface area contributed by atoms with Crippen LogP contribution in [0.3, 0.4) is 0 Å². The number of nitrogens with one attached hydrogen (secondary N) is 2. The van der Waals surface area contributed by atoms with Crippen LogP contribution in [0.1, 0.15) is 6.92 Å². The normalized spacial score (nSPS) is 12.1. The summed E-state index contributed by atoms with van der Waals surface area (Å²) in [7, 11) is 1.57. The molecule has 2 aromatic carbocycles. The van der Waals surface area contributed by atoms with Crippen molar-refractivity contribution in [1.29, 1.82) is 0 Å². The van der Waals surface area contributed by atoms with Crippen LogP contribution in [-0.4, -0.2) is 28.5 Å². The predicted octanol–water partition coefficient (Wildman–Crippen LogP) is 2.63. The zero-order valence-electron chi connectivity index (χ0n) is 15.7. The monoisotopic (exact) mass is 410 g/mol. The summed E-state index contributed by atoms with van der Waals surface area (Å²) in [6, 6.07) is 14.6. The maximum absolute atomic E-state index is 12.6. The summed E-state index contributed by atoms with van der Waals surface area (Å²) in [5, 5.41) is 19.5. The highest BCUT2D eigenvalue weighted by molar-refractivity contribution is 8.00. The number of carbonyl (C=O) groups is 1. The number of anilines is 1. The molecule has 29 heavy (non-hydrogen) atoms. The molecule has 0 aliphatic rings. The third kappa shape index (κ3) is 3.90. The van der Waals surface area contributed by atoms with Gasteiger partial charge < -0.3 is 24.7 Å². The van der Waals surface area contributed by atoms with E-state index in [4.69, 9.17) is 9.26 Å². The molecule has 2 aromatic heterocycles. The van der Waals surface area contributed by atoms with Gasteiger partial charge in [-0.3, -0.25) is 4.79 Å². The Balaban J connectivity index is 1.50. The van der Waals surface area contributed by atoms with Gasteiger partial charge in [0.1, 0.15) is 5.75 Å². The summed E-state index contributed by atoms with van der Waals surface area (Å²) in [4.78, 5) is 15.7. The lowest BCUT2D eigenvalue weighted by Gasteiger charge is -2.10. The number of thioether (sulfide) groups is 1. The molecule has 0 aliphatic carbocycles. The van der Waals surface area contributed by atoms with Gasteiger partial charge in [-0.2, -0.15) is 0 Å². The lowest BCUT2D eigenvalue weighted by atomic mass is 10.2. The van der Waals surface area contributed by atoms with Gasteiger partial charge in [0.05, 0.1) is 17.6 Å². The summed E-state index contributed by atoms with van der Waals surface area (Å²) < 4.78 is 11.3. The Labute approximate surface area is 170 Å². The highest BCUT2D eigenvalue weighted by Gasteiger charge is 2.26. The number of benzene rings is 2. The molecule has 0 saturated carbocycles. The first-order chi connectivity index (χ1) is 14.0. The van der Waals surface area contributed by atoms with Gasteiger partial charge in [-0.25, -0.2) is 0 Å². The molecule has 0 saturated heterocycles. The van der Waals surface area contributed by atoms with Gasteiger partial charge in [0.15, 0.2) is 5.95 Å². The number of H-pyrrole nitrogens is 1. The van der Waals surface area contributed by atoms with Gasteiger partial charge >= 0.3 is 0 Å². The van der Waals surface area contributed by atoms with Crippen LogP contribution in [0.2, 0.25) is 0 Å². The van der Waals surface area contributed by atoms with Gasteiger partial charge in [0.25, 0.3) is 5.03 Å². The first kappa shape index (κ1) is 18.9. The molecule has 0 fully saturated rings. The predicted molar refractivity (Wildman–Crippen MR) is 106 cm³/mol. The average Bonchev–Trinajstić information content (AvgIpc) is 3.34. The molecule has 2 N–H and O–H groups in total. The quantitative estimate of drug-likeness (QED) is 0.374. The number of rotatable bonds is 6. The minimum Gasteiger partial charge on any atom is -0.538 e. The Morgan fingerprint density at radius 2 is 2.07 bits per heavy atom. The maximum atomic E-state index is 12.6. The maximum Gasteiger partial charge on any atom is 0.298 e. The van der Waals surface area contributed by atoms with Crippen molar-refractivity contribution in [3.8, 4) is 17.4 Å². The van der Waals surface area contributed by atoms with E-state index < -0.39 is 11.2 Å². The van der Waals surface area contributed by atoms with Crippen molar-refractivity contribution in [1.82, 2.24) is 10.3 Å². The van der Waals surface area contributed by atoms with Crippen molar-refractivity contribution in [2.75, 3.05) is 12.4 Å². The number of amides is 1. The number of hydrogen-bond acceptors (Lipinski definition) is 6. The van der Waals surface area contributed by atoms with E-state index in [1.807, 2.05) is 30.5 Å². The van der Waals surface area contributed by atoms with Crippen LogP contribution in [0.4, 0.5) is 5.69 Å². The van der Waals surface area contributed by atoms with Crippen LogP contribution in [-0.2, 0) is 4.79 Å². The summed E-state index contributed by atoms with van der Waals surface area (Å²) in [6.07, 6.45) is 1.84. The molecule has 1 unspecified atom stereocenters. The van der Waals surface area contributed by atoms with E-state index in [0.717, 1.165) is 22.7 Å². The Hall–Kier alpha value is -3.46. The van der Waals surface area contributed by atoms with Crippen LogP contribution in [0.25, 0.3) is 16.6 Å². The molecule has 0 radical (unpaired) electrons. The van der Waals surface area contributed by atoms with E-state index in [1.54, 1.807) is 38.3 Å². The van der Waals surface area contributed by atoms with Crippen molar-refractivity contribution in [3.05, 3.63) is 54.7 Å². The smallest absolute Gasteiger partial charge is 0.298 e. The molecule has 0 spiro atoms. The Kier molecular flexibility index (Phi) is 5.13. The Morgan fingerprint density at radius 3 is 2.83 bits per heavy atom. The second kappa shape index (κ2) is 7.88. The second-order valence-electron chi connectivity index (χ2n) is 6.30. The minimum absolute atomic E-state index is 0.221. The summed E-state index contributed by atoms with van der Waals surface area (Å²) >= 11 is 1.09. The highest BCUT2D eigenvalue weighted by atomic mass is 32.2. The van der Waals surface area contributed by atoms with E-state index in [0.29, 0.717) is 17.1 Å². The molecule has 1 amide bonds. The van der Waals surface area contributed by atoms with E-state index in [1.165, 1.54) is 4.68 Å².